The maximum atomic E-state index is 12.6. The molecule has 0 spiro atoms. The second kappa shape index (κ2) is 7.60. The van der Waals surface area contributed by atoms with Crippen LogP contribution in [0.25, 0.3) is 10.9 Å². The molecule has 0 unspecified atom stereocenters. The van der Waals surface area contributed by atoms with Gasteiger partial charge in [0.15, 0.2) is 0 Å². The molecule has 0 radical (unpaired) electrons. The van der Waals surface area contributed by atoms with Crippen LogP contribution < -0.4 is 0 Å². The molecule has 5 nitrogen and oxygen atoms in total. The third-order valence-corrected chi connectivity index (χ3v) is 5.06. The highest BCUT2D eigenvalue weighted by atomic mass is 16.2. The fourth-order valence-electron chi connectivity index (χ4n) is 3.69. The van der Waals surface area contributed by atoms with Crippen LogP contribution in [0.3, 0.4) is 0 Å². The molecule has 0 N–H and O–H groups in total. The van der Waals surface area contributed by atoms with Crippen LogP contribution in [0.5, 0.6) is 0 Å². The van der Waals surface area contributed by atoms with E-state index in [4.69, 9.17) is 0 Å². The normalized spacial score (nSPS) is 17.8. The Balaban J connectivity index is 1.41. The van der Waals surface area contributed by atoms with Crippen molar-refractivity contribution in [3.8, 4) is 0 Å². The number of nitrogens with zero attached hydrogens (tertiary/aromatic N) is 4. The summed E-state index contributed by atoms with van der Waals surface area (Å²) in [7, 11) is 0. The molecular formula is C21H22N4O. The number of pyridine rings is 1. The van der Waals surface area contributed by atoms with Crippen molar-refractivity contribution in [3.63, 3.8) is 0 Å². The Labute approximate surface area is 153 Å². The van der Waals surface area contributed by atoms with E-state index in [9.17, 15) is 4.79 Å². The van der Waals surface area contributed by atoms with Gasteiger partial charge in [0.2, 0.25) is 5.82 Å². The Hall–Kier alpha value is -2.82. The summed E-state index contributed by atoms with van der Waals surface area (Å²) in [6, 6.07) is 12.2. The quantitative estimate of drug-likeness (QED) is 0.728. The molecule has 1 saturated heterocycles. The third kappa shape index (κ3) is 3.72. The number of amides is 1. The predicted molar refractivity (Wildman–Crippen MR) is 101 cm³/mol. The molecule has 1 aromatic carbocycles. The first-order valence-corrected chi connectivity index (χ1v) is 9.19. The van der Waals surface area contributed by atoms with Gasteiger partial charge >= 0.3 is 0 Å². The van der Waals surface area contributed by atoms with Crippen LogP contribution in [0.4, 0.5) is 0 Å². The average molecular weight is 346 g/mol. The summed E-state index contributed by atoms with van der Waals surface area (Å²) < 4.78 is 0. The summed E-state index contributed by atoms with van der Waals surface area (Å²) in [5, 5.41) is 1.19. The Kier molecular flexibility index (Phi) is 4.86. The summed E-state index contributed by atoms with van der Waals surface area (Å²) >= 11 is 0. The average Bonchev–Trinajstić information content (AvgIpc) is 2.93. The lowest BCUT2D eigenvalue weighted by Gasteiger charge is -2.19. The zero-order valence-electron chi connectivity index (χ0n) is 14.7. The first-order chi connectivity index (χ1) is 12.8. The fourth-order valence-corrected chi connectivity index (χ4v) is 3.69. The monoisotopic (exact) mass is 346 g/mol. The van der Waals surface area contributed by atoms with Gasteiger partial charge in [0, 0.05) is 37.1 Å². The lowest BCUT2D eigenvalue weighted by molar-refractivity contribution is 0.0747. The van der Waals surface area contributed by atoms with Gasteiger partial charge in [-0.1, -0.05) is 18.2 Å². The highest BCUT2D eigenvalue weighted by molar-refractivity contribution is 5.90. The highest BCUT2D eigenvalue weighted by Gasteiger charge is 2.23. The van der Waals surface area contributed by atoms with Crippen LogP contribution in [-0.2, 0) is 6.42 Å². The summed E-state index contributed by atoms with van der Waals surface area (Å²) in [6.07, 6.45) is 9.40. The van der Waals surface area contributed by atoms with Crippen molar-refractivity contribution in [2.75, 3.05) is 13.1 Å². The van der Waals surface area contributed by atoms with Crippen LogP contribution in [0.2, 0.25) is 0 Å². The minimum absolute atomic E-state index is 0.0568. The van der Waals surface area contributed by atoms with Gasteiger partial charge in [-0.2, -0.15) is 0 Å². The molecule has 1 aliphatic heterocycles. The topological polar surface area (TPSA) is 59.0 Å². The number of rotatable bonds is 3. The number of aromatic nitrogens is 3. The Bertz CT molecular complexity index is 897. The summed E-state index contributed by atoms with van der Waals surface area (Å²) in [5.41, 5.74) is 2.32. The van der Waals surface area contributed by atoms with Gasteiger partial charge in [-0.15, -0.1) is 0 Å². The first kappa shape index (κ1) is 16.6. The molecule has 4 rings (SSSR count). The molecule has 132 valence electrons. The molecule has 1 aliphatic rings. The molecule has 3 heterocycles. The molecule has 1 fully saturated rings. The van der Waals surface area contributed by atoms with Crippen molar-refractivity contribution in [1.29, 1.82) is 0 Å². The molecule has 0 saturated carbocycles. The van der Waals surface area contributed by atoms with Gasteiger partial charge < -0.3 is 4.90 Å². The largest absolute Gasteiger partial charge is 0.336 e. The molecule has 5 heteroatoms. The van der Waals surface area contributed by atoms with Gasteiger partial charge in [0.05, 0.1) is 5.52 Å². The van der Waals surface area contributed by atoms with Crippen molar-refractivity contribution in [3.05, 3.63) is 66.4 Å². The second-order valence-electron chi connectivity index (χ2n) is 6.90. The Morgan fingerprint density at radius 2 is 1.88 bits per heavy atom. The van der Waals surface area contributed by atoms with Gasteiger partial charge in [0.25, 0.3) is 5.91 Å². The number of likely N-dealkylation sites (tertiary alicyclic amines) is 1. The van der Waals surface area contributed by atoms with Crippen LogP contribution in [0.1, 0.15) is 35.4 Å². The van der Waals surface area contributed by atoms with Crippen molar-refractivity contribution in [2.45, 2.75) is 25.7 Å². The Morgan fingerprint density at radius 1 is 1.04 bits per heavy atom. The molecule has 2 aromatic heterocycles. The maximum Gasteiger partial charge on any atom is 0.291 e. The van der Waals surface area contributed by atoms with Crippen LogP contribution in [-0.4, -0.2) is 38.8 Å². The van der Waals surface area contributed by atoms with Crippen molar-refractivity contribution >= 4 is 16.8 Å². The van der Waals surface area contributed by atoms with Crippen molar-refractivity contribution in [2.24, 2.45) is 5.92 Å². The fraction of sp³-hybridized carbons (Fsp3) is 0.333. The SMILES string of the molecule is O=C(c1ncccn1)N1CCC[C@H](Cc2cnc3ccccc3c2)CC1. The molecular weight excluding hydrogens is 324 g/mol. The number of hydrogen-bond donors (Lipinski definition) is 0. The first-order valence-electron chi connectivity index (χ1n) is 9.19. The number of benzene rings is 1. The number of carbonyl (C=O) groups excluding carboxylic acids is 1. The van der Waals surface area contributed by atoms with E-state index in [2.05, 4.69) is 33.2 Å². The summed E-state index contributed by atoms with van der Waals surface area (Å²) in [4.78, 5) is 27.2. The predicted octanol–water partition coefficient (Wildman–Crippen LogP) is 3.51. The van der Waals surface area contributed by atoms with E-state index >= 15 is 0 Å². The minimum atomic E-state index is -0.0568. The zero-order chi connectivity index (χ0) is 17.8. The number of carbonyl (C=O) groups is 1. The molecule has 0 bridgehead atoms. The van der Waals surface area contributed by atoms with E-state index in [1.54, 1.807) is 18.5 Å². The molecule has 1 amide bonds. The van der Waals surface area contributed by atoms with E-state index in [1.807, 2.05) is 23.2 Å². The third-order valence-electron chi connectivity index (χ3n) is 5.06. The van der Waals surface area contributed by atoms with Gasteiger partial charge in [-0.05, 0) is 55.4 Å². The van der Waals surface area contributed by atoms with Crippen LogP contribution in [0.15, 0.2) is 55.0 Å². The minimum Gasteiger partial charge on any atom is -0.336 e. The number of hydrogen-bond acceptors (Lipinski definition) is 4. The van der Waals surface area contributed by atoms with Gasteiger partial charge in [-0.3, -0.25) is 9.78 Å². The zero-order valence-corrected chi connectivity index (χ0v) is 14.7. The lowest BCUT2D eigenvalue weighted by Crippen LogP contribution is -2.33. The van der Waals surface area contributed by atoms with Gasteiger partial charge in [-0.25, -0.2) is 9.97 Å². The number of para-hydroxylation sites is 1. The van der Waals surface area contributed by atoms with Crippen molar-refractivity contribution in [1.82, 2.24) is 19.9 Å². The highest BCUT2D eigenvalue weighted by Crippen LogP contribution is 2.23. The summed E-state index contributed by atoms with van der Waals surface area (Å²) in [5.74, 6) is 0.816. The standard InChI is InChI=1S/C21H22N4O/c26-21(20-22-9-4-10-23-20)25-11-3-5-16(8-12-25)13-17-14-18-6-1-2-7-19(18)24-15-17/h1-2,4,6-7,9-10,14-16H,3,5,8,11-13H2/t16-/m0/s1. The molecule has 0 aliphatic carbocycles. The van der Waals surface area contributed by atoms with E-state index in [0.717, 1.165) is 44.3 Å². The van der Waals surface area contributed by atoms with Gasteiger partial charge in [0.1, 0.15) is 0 Å². The van der Waals surface area contributed by atoms with Crippen LogP contribution >= 0.6 is 0 Å². The van der Waals surface area contributed by atoms with E-state index in [1.165, 1.54) is 10.9 Å². The second-order valence-corrected chi connectivity index (χ2v) is 6.90. The summed E-state index contributed by atoms with van der Waals surface area (Å²) in [6.45, 7) is 1.55. The smallest absolute Gasteiger partial charge is 0.291 e. The maximum absolute atomic E-state index is 12.6. The molecule has 3 aromatic rings. The lowest BCUT2D eigenvalue weighted by atomic mass is 9.93. The molecule has 26 heavy (non-hydrogen) atoms. The Morgan fingerprint density at radius 3 is 2.77 bits per heavy atom. The van der Waals surface area contributed by atoms with E-state index < -0.39 is 0 Å². The van der Waals surface area contributed by atoms with E-state index in [0.29, 0.717) is 11.7 Å². The number of fused-ring (bicyclic) bond motifs is 1. The van der Waals surface area contributed by atoms with E-state index in [-0.39, 0.29) is 5.91 Å². The van der Waals surface area contributed by atoms with Crippen molar-refractivity contribution < 1.29 is 4.79 Å². The molecule has 1 atom stereocenters. The van der Waals surface area contributed by atoms with Crippen LogP contribution in [0, 0.1) is 5.92 Å².